The highest BCUT2D eigenvalue weighted by molar-refractivity contribution is 5.50. The van der Waals surface area contributed by atoms with Crippen LogP contribution in [-0.2, 0) is 13.0 Å². The van der Waals surface area contributed by atoms with Crippen LogP contribution >= 0.6 is 0 Å². The van der Waals surface area contributed by atoms with E-state index in [1.807, 2.05) is 16.8 Å². The van der Waals surface area contributed by atoms with Gasteiger partial charge in [-0.3, -0.25) is 9.88 Å². The van der Waals surface area contributed by atoms with Crippen LogP contribution in [0.5, 0.6) is 0 Å². The Hall–Kier alpha value is -1.92. The molecule has 0 radical (unpaired) electrons. The van der Waals surface area contributed by atoms with Crippen molar-refractivity contribution in [3.8, 4) is 5.69 Å². The molecule has 22 heavy (non-hydrogen) atoms. The number of hydrogen-bond acceptors (Lipinski definition) is 5. The van der Waals surface area contributed by atoms with Gasteiger partial charge >= 0.3 is 0 Å². The smallest absolute Gasteiger partial charge is 0.132 e. The van der Waals surface area contributed by atoms with Crippen molar-refractivity contribution in [2.24, 2.45) is 0 Å². The van der Waals surface area contributed by atoms with Crippen LogP contribution in [0.3, 0.4) is 0 Å². The number of nitrogens with two attached hydrogens (primary N) is 1. The van der Waals surface area contributed by atoms with Crippen molar-refractivity contribution < 1.29 is 0 Å². The van der Waals surface area contributed by atoms with Crippen molar-refractivity contribution in [3.63, 3.8) is 0 Å². The molecule has 118 valence electrons. The maximum absolute atomic E-state index is 6.34. The standard InChI is InChI=1S/C16H24N6/c1-20(2)9-3-10-21-11-6-15-14(12-21)16(17)22(19-15)13-4-7-18-8-5-13/h4-5,7-8H,3,6,9-12,17H2,1-2H3. The molecular weight excluding hydrogens is 276 g/mol. The molecule has 6 heteroatoms. The molecular formula is C16H24N6. The lowest BCUT2D eigenvalue weighted by Crippen LogP contribution is -2.32. The fraction of sp³-hybridized carbons (Fsp3) is 0.500. The number of anilines is 1. The fourth-order valence-corrected chi connectivity index (χ4v) is 2.93. The lowest BCUT2D eigenvalue weighted by molar-refractivity contribution is 0.238. The summed E-state index contributed by atoms with van der Waals surface area (Å²) >= 11 is 0. The quantitative estimate of drug-likeness (QED) is 0.898. The Bertz CT molecular complexity index is 619. The second kappa shape index (κ2) is 6.46. The molecule has 0 bridgehead atoms. The molecule has 2 N–H and O–H groups in total. The van der Waals surface area contributed by atoms with Gasteiger partial charge in [0.25, 0.3) is 0 Å². The third-order valence-electron chi connectivity index (χ3n) is 4.14. The minimum Gasteiger partial charge on any atom is -0.383 e. The Morgan fingerprint density at radius 1 is 1.27 bits per heavy atom. The summed E-state index contributed by atoms with van der Waals surface area (Å²) in [6, 6.07) is 3.87. The second-order valence-electron chi connectivity index (χ2n) is 6.11. The Morgan fingerprint density at radius 3 is 2.77 bits per heavy atom. The molecule has 0 saturated heterocycles. The van der Waals surface area contributed by atoms with Gasteiger partial charge in [0.15, 0.2) is 0 Å². The molecule has 6 nitrogen and oxygen atoms in total. The zero-order chi connectivity index (χ0) is 15.5. The van der Waals surface area contributed by atoms with Crippen LogP contribution in [0.15, 0.2) is 24.5 Å². The predicted molar refractivity (Wildman–Crippen MR) is 87.9 cm³/mol. The largest absolute Gasteiger partial charge is 0.383 e. The van der Waals surface area contributed by atoms with Gasteiger partial charge in [-0.15, -0.1) is 0 Å². The summed E-state index contributed by atoms with van der Waals surface area (Å²) < 4.78 is 1.84. The van der Waals surface area contributed by atoms with Crippen molar-refractivity contribution in [1.82, 2.24) is 24.6 Å². The van der Waals surface area contributed by atoms with Gasteiger partial charge in [-0.05, 0) is 45.7 Å². The molecule has 3 heterocycles. The third kappa shape index (κ3) is 3.13. The number of hydrogen-bond donors (Lipinski definition) is 1. The van der Waals surface area contributed by atoms with Crippen molar-refractivity contribution in [2.75, 3.05) is 39.5 Å². The molecule has 0 unspecified atom stereocenters. The van der Waals surface area contributed by atoms with Crippen LogP contribution in [0.25, 0.3) is 5.69 Å². The summed E-state index contributed by atoms with van der Waals surface area (Å²) in [6.07, 6.45) is 5.69. The van der Waals surface area contributed by atoms with Crippen molar-refractivity contribution in [2.45, 2.75) is 19.4 Å². The Labute approximate surface area is 131 Å². The van der Waals surface area contributed by atoms with Crippen molar-refractivity contribution in [3.05, 3.63) is 35.8 Å². The van der Waals surface area contributed by atoms with E-state index in [-0.39, 0.29) is 0 Å². The minimum absolute atomic E-state index is 0.763. The van der Waals surface area contributed by atoms with E-state index in [0.29, 0.717) is 0 Å². The number of fused-ring (bicyclic) bond motifs is 1. The number of rotatable bonds is 5. The summed E-state index contributed by atoms with van der Waals surface area (Å²) in [4.78, 5) is 8.75. The van der Waals surface area contributed by atoms with Crippen LogP contribution in [0.2, 0.25) is 0 Å². The molecule has 0 saturated carbocycles. The summed E-state index contributed by atoms with van der Waals surface area (Å²) in [5.74, 6) is 0.763. The Kier molecular flexibility index (Phi) is 4.40. The highest BCUT2D eigenvalue weighted by Gasteiger charge is 2.23. The monoisotopic (exact) mass is 300 g/mol. The summed E-state index contributed by atoms with van der Waals surface area (Å²) in [7, 11) is 4.23. The van der Waals surface area contributed by atoms with E-state index in [0.717, 1.165) is 49.8 Å². The molecule has 0 spiro atoms. The van der Waals surface area contributed by atoms with Crippen LogP contribution in [0, 0.1) is 0 Å². The second-order valence-corrected chi connectivity index (χ2v) is 6.11. The number of nitrogen functional groups attached to an aromatic ring is 1. The zero-order valence-corrected chi connectivity index (χ0v) is 13.4. The van der Waals surface area contributed by atoms with Crippen LogP contribution in [0.4, 0.5) is 5.82 Å². The minimum atomic E-state index is 0.763. The Morgan fingerprint density at radius 2 is 2.05 bits per heavy atom. The molecule has 1 aliphatic heterocycles. The van der Waals surface area contributed by atoms with E-state index in [1.54, 1.807) is 12.4 Å². The van der Waals surface area contributed by atoms with E-state index < -0.39 is 0 Å². The predicted octanol–water partition coefficient (Wildman–Crippen LogP) is 1.16. The highest BCUT2D eigenvalue weighted by Crippen LogP contribution is 2.26. The van der Waals surface area contributed by atoms with E-state index in [2.05, 4.69) is 28.9 Å². The normalized spacial score (nSPS) is 15.2. The average Bonchev–Trinajstić information content (AvgIpc) is 2.85. The molecule has 0 fully saturated rings. The zero-order valence-electron chi connectivity index (χ0n) is 13.4. The number of aromatic nitrogens is 3. The van der Waals surface area contributed by atoms with Gasteiger partial charge in [0, 0.05) is 37.5 Å². The number of nitrogens with zero attached hydrogens (tertiary/aromatic N) is 5. The fourth-order valence-electron chi connectivity index (χ4n) is 2.93. The first kappa shape index (κ1) is 15.0. The van der Waals surface area contributed by atoms with E-state index in [1.165, 1.54) is 12.0 Å². The van der Waals surface area contributed by atoms with E-state index in [4.69, 9.17) is 10.8 Å². The maximum Gasteiger partial charge on any atom is 0.132 e. The van der Waals surface area contributed by atoms with E-state index in [9.17, 15) is 0 Å². The Balaban J connectivity index is 1.73. The van der Waals surface area contributed by atoms with E-state index >= 15 is 0 Å². The van der Waals surface area contributed by atoms with Gasteiger partial charge < -0.3 is 10.6 Å². The molecule has 0 aliphatic carbocycles. The molecule has 0 amide bonds. The van der Waals surface area contributed by atoms with Crippen molar-refractivity contribution >= 4 is 5.82 Å². The molecule has 0 aromatic carbocycles. The molecule has 1 aliphatic rings. The summed E-state index contributed by atoms with van der Waals surface area (Å²) in [5.41, 5.74) is 9.64. The topological polar surface area (TPSA) is 63.2 Å². The van der Waals surface area contributed by atoms with Gasteiger partial charge in [0.2, 0.25) is 0 Å². The number of pyridine rings is 1. The first-order valence-electron chi connectivity index (χ1n) is 7.79. The van der Waals surface area contributed by atoms with Gasteiger partial charge in [-0.25, -0.2) is 4.68 Å². The molecule has 3 rings (SSSR count). The molecule has 2 aromatic rings. The van der Waals surface area contributed by atoms with Gasteiger partial charge in [0.05, 0.1) is 11.4 Å². The maximum atomic E-state index is 6.34. The first-order chi connectivity index (χ1) is 10.6. The average molecular weight is 300 g/mol. The lowest BCUT2D eigenvalue weighted by atomic mass is 10.1. The first-order valence-corrected chi connectivity index (χ1v) is 7.79. The summed E-state index contributed by atoms with van der Waals surface area (Å²) in [5, 5.41) is 4.69. The molecule has 2 aromatic heterocycles. The van der Waals surface area contributed by atoms with Crippen LogP contribution < -0.4 is 5.73 Å². The third-order valence-corrected chi connectivity index (χ3v) is 4.14. The van der Waals surface area contributed by atoms with Gasteiger partial charge in [-0.1, -0.05) is 0 Å². The van der Waals surface area contributed by atoms with Crippen LogP contribution in [0.1, 0.15) is 17.7 Å². The highest BCUT2D eigenvalue weighted by atomic mass is 15.3. The summed E-state index contributed by atoms with van der Waals surface area (Å²) in [6.45, 7) is 4.19. The van der Waals surface area contributed by atoms with Gasteiger partial charge in [-0.2, -0.15) is 5.10 Å². The molecule has 0 atom stereocenters. The van der Waals surface area contributed by atoms with Crippen molar-refractivity contribution in [1.29, 1.82) is 0 Å². The van der Waals surface area contributed by atoms with Crippen LogP contribution in [-0.4, -0.2) is 58.3 Å². The van der Waals surface area contributed by atoms with Gasteiger partial charge in [0.1, 0.15) is 5.82 Å². The SMILES string of the molecule is CN(C)CCCN1CCc2nn(-c3ccncc3)c(N)c2C1. The lowest BCUT2D eigenvalue weighted by Gasteiger charge is -2.26.